The molecule has 392 valence electrons. The number of fused-ring (bicyclic) bond motifs is 2. The summed E-state index contributed by atoms with van der Waals surface area (Å²) in [4.78, 5) is 10.4. The first-order valence-electron chi connectivity index (χ1n) is 29.3. The first-order valence-corrected chi connectivity index (χ1v) is 29.3. The lowest BCUT2D eigenvalue weighted by Gasteiger charge is -2.50. The molecule has 4 nitrogen and oxygen atoms in total. The number of nitrogens with zero attached hydrogens (tertiary/aromatic N) is 4. The zero-order chi connectivity index (χ0) is 54.5. The number of hydrogen-bond acceptors (Lipinski definition) is 2. The highest BCUT2D eigenvalue weighted by atomic mass is 15.1. The molecule has 0 N–H and O–H groups in total. The van der Waals surface area contributed by atoms with Gasteiger partial charge in [-0.25, -0.2) is 4.98 Å². The average Bonchev–Trinajstić information content (AvgIpc) is 1.41. The van der Waals surface area contributed by atoms with E-state index >= 15 is 0 Å². The summed E-state index contributed by atoms with van der Waals surface area (Å²) in [6.45, 7) is 4.25. The molecule has 3 aliphatic carbocycles. The molecule has 9 aromatic carbocycles. The summed E-state index contributed by atoms with van der Waals surface area (Å²) < 4.78 is 5.16. The minimum Gasteiger partial charge on any atom is -0.317 e. The second kappa shape index (κ2) is 19.0. The van der Waals surface area contributed by atoms with Crippen molar-refractivity contribution < 1.29 is 0 Å². The Hall–Kier alpha value is -9.64. The molecule has 0 bridgehead atoms. The van der Waals surface area contributed by atoms with Crippen LogP contribution in [0.1, 0.15) is 83.2 Å². The molecule has 0 fully saturated rings. The topological polar surface area (TPSA) is 35.1 Å². The molecule has 2 aromatic heterocycles. The second-order valence-electron chi connectivity index (χ2n) is 23.0. The third-order valence-corrected chi connectivity index (χ3v) is 18.7. The van der Waals surface area contributed by atoms with E-state index in [2.05, 4.69) is 290 Å². The molecule has 0 saturated heterocycles. The standard InChI is InChI=1S/C78H60N4/c1-51-23-18-19-36-70(51)79-52(2)53-39-41-54(42-40-53)57-47-64-65-48-58(55-43-45-56(46-44-55)76-80-71-37-20-21-38-72(71)81(76)63-32-16-7-17-33-63)50-69-74(65)82-73(64)68(49-57)77(59-24-8-3-9-25-59,60-26-10-4-11-27-60)66-34-22-35-67(75(66)82)78(69,61-28-12-5-13-29-61)62-30-14-6-15-31-62/h3,5-10,12-30,32,34-50,62-63H,4,11,31,33H2,1-2H3/b79-52+. The van der Waals surface area contributed by atoms with Crippen LogP contribution in [0.4, 0.5) is 5.69 Å². The van der Waals surface area contributed by atoms with Crippen molar-refractivity contribution in [3.63, 3.8) is 0 Å². The summed E-state index contributed by atoms with van der Waals surface area (Å²) in [5, 5.41) is 2.52. The largest absolute Gasteiger partial charge is 0.317 e. The van der Waals surface area contributed by atoms with Crippen LogP contribution >= 0.6 is 0 Å². The highest BCUT2D eigenvalue weighted by Gasteiger charge is 2.54. The van der Waals surface area contributed by atoms with Crippen molar-refractivity contribution in [3.8, 4) is 39.3 Å². The summed E-state index contributed by atoms with van der Waals surface area (Å²) in [6, 6.07) is 76.0. The summed E-state index contributed by atoms with van der Waals surface area (Å²) >= 11 is 0. The number of aromatic nitrogens is 3. The molecule has 0 spiro atoms. The van der Waals surface area contributed by atoms with Crippen molar-refractivity contribution >= 4 is 44.2 Å². The maximum absolute atomic E-state index is 5.32. The van der Waals surface area contributed by atoms with Crippen molar-refractivity contribution in [1.29, 1.82) is 0 Å². The van der Waals surface area contributed by atoms with Crippen molar-refractivity contribution in [2.24, 2.45) is 10.9 Å². The van der Waals surface area contributed by atoms with Gasteiger partial charge in [-0.15, -0.1) is 0 Å². The monoisotopic (exact) mass is 1050 g/mol. The third kappa shape index (κ3) is 7.10. The van der Waals surface area contributed by atoms with Crippen LogP contribution in [0, 0.1) is 12.8 Å². The van der Waals surface area contributed by atoms with Crippen LogP contribution in [0.5, 0.6) is 0 Å². The normalized spacial score (nSPS) is 20.4. The molecule has 4 heterocycles. The Kier molecular flexibility index (Phi) is 11.2. The molecule has 4 heteroatoms. The molecule has 11 aromatic rings. The number of aliphatic imine (C=N–C) groups is 1. The quantitative estimate of drug-likeness (QED) is 0.126. The van der Waals surface area contributed by atoms with Gasteiger partial charge in [0.25, 0.3) is 0 Å². The summed E-state index contributed by atoms with van der Waals surface area (Å²) in [7, 11) is 0. The van der Waals surface area contributed by atoms with Crippen LogP contribution in [-0.2, 0) is 10.8 Å². The molecular weight excluding hydrogens is 993 g/mol. The van der Waals surface area contributed by atoms with Gasteiger partial charge in [0, 0.05) is 22.0 Å². The fourth-order valence-electron chi connectivity index (χ4n) is 15.0. The Morgan fingerprint density at radius 3 is 1.89 bits per heavy atom. The first-order chi connectivity index (χ1) is 40.5. The Morgan fingerprint density at radius 1 is 0.537 bits per heavy atom. The Morgan fingerprint density at radius 2 is 1.18 bits per heavy atom. The van der Waals surface area contributed by atoms with Crippen molar-refractivity contribution in [2.75, 3.05) is 0 Å². The van der Waals surface area contributed by atoms with E-state index in [1.807, 2.05) is 0 Å². The van der Waals surface area contributed by atoms with Crippen LogP contribution in [0.2, 0.25) is 0 Å². The minimum absolute atomic E-state index is 0.115. The molecule has 4 unspecified atom stereocenters. The van der Waals surface area contributed by atoms with Gasteiger partial charge in [0.1, 0.15) is 5.82 Å². The maximum atomic E-state index is 5.32. The maximum Gasteiger partial charge on any atom is 0.141 e. The van der Waals surface area contributed by atoms with E-state index in [-0.39, 0.29) is 12.0 Å². The van der Waals surface area contributed by atoms with Crippen molar-refractivity contribution in [2.45, 2.75) is 56.4 Å². The van der Waals surface area contributed by atoms with Gasteiger partial charge >= 0.3 is 0 Å². The van der Waals surface area contributed by atoms with Gasteiger partial charge < -0.3 is 9.13 Å². The molecule has 5 aliphatic rings. The zero-order valence-corrected chi connectivity index (χ0v) is 46.2. The molecule has 0 amide bonds. The van der Waals surface area contributed by atoms with Crippen molar-refractivity contribution in [3.05, 3.63) is 317 Å². The lowest BCUT2D eigenvalue weighted by molar-refractivity contribution is 0.443. The number of benzene rings is 9. The predicted octanol–water partition coefficient (Wildman–Crippen LogP) is 19.3. The lowest BCUT2D eigenvalue weighted by atomic mass is 9.55. The highest BCUT2D eigenvalue weighted by molar-refractivity contribution is 6.17. The smallest absolute Gasteiger partial charge is 0.141 e. The van der Waals surface area contributed by atoms with Gasteiger partial charge in [-0.05, 0) is 160 Å². The Labute approximate surface area is 479 Å². The Bertz CT molecular complexity index is 4630. The van der Waals surface area contributed by atoms with Gasteiger partial charge in [-0.2, -0.15) is 0 Å². The summed E-state index contributed by atoms with van der Waals surface area (Å²) in [5.41, 5.74) is 24.1. The summed E-state index contributed by atoms with van der Waals surface area (Å²) in [5.74, 6) is 1.10. The van der Waals surface area contributed by atoms with E-state index in [0.29, 0.717) is 0 Å². The van der Waals surface area contributed by atoms with E-state index in [0.717, 1.165) is 65.1 Å². The van der Waals surface area contributed by atoms with Crippen LogP contribution < -0.4 is 0 Å². The van der Waals surface area contributed by atoms with E-state index < -0.39 is 10.8 Å². The zero-order valence-electron chi connectivity index (χ0n) is 46.2. The van der Waals surface area contributed by atoms with E-state index in [1.165, 1.54) is 94.3 Å². The van der Waals surface area contributed by atoms with Gasteiger partial charge in [-0.1, -0.05) is 225 Å². The molecule has 0 radical (unpaired) electrons. The number of hydrogen-bond donors (Lipinski definition) is 0. The second-order valence-corrected chi connectivity index (χ2v) is 23.0. The van der Waals surface area contributed by atoms with Crippen LogP contribution in [0.15, 0.2) is 278 Å². The molecule has 0 saturated carbocycles. The molecule has 16 rings (SSSR count). The van der Waals surface area contributed by atoms with Gasteiger partial charge in [-0.3, -0.25) is 4.99 Å². The van der Waals surface area contributed by atoms with Gasteiger partial charge in [0.15, 0.2) is 0 Å². The number of aryl methyl sites for hydroxylation is 1. The SMILES string of the molecule is C/C(=N\c1ccccc1C)c1ccc(-c2cc3c4c(c2)c2cc(-c5ccc(-c6nc7ccccc7n6C6C=CC=CC6)cc5)cc5c2n4-c2c(cccc2C5(c2ccccc2)C2C=CC=CC2)C3(C2=CCCC=C2)c2ccccc2)cc1. The summed E-state index contributed by atoms with van der Waals surface area (Å²) in [6.07, 6.45) is 29.5. The van der Waals surface area contributed by atoms with E-state index in [9.17, 15) is 0 Å². The van der Waals surface area contributed by atoms with E-state index in [4.69, 9.17) is 9.98 Å². The van der Waals surface area contributed by atoms with Gasteiger partial charge in [0.2, 0.25) is 0 Å². The minimum atomic E-state index is -0.653. The fraction of sp³-hybridized carbons (Fsp3) is 0.128. The lowest BCUT2D eigenvalue weighted by Crippen LogP contribution is -2.44. The third-order valence-electron chi connectivity index (χ3n) is 18.7. The molecule has 2 aliphatic heterocycles. The number of imidazole rings is 1. The van der Waals surface area contributed by atoms with Crippen LogP contribution in [0.3, 0.4) is 0 Å². The van der Waals surface area contributed by atoms with Gasteiger partial charge in [0.05, 0.1) is 50.3 Å². The Balaban J connectivity index is 1.00. The predicted molar refractivity (Wildman–Crippen MR) is 341 cm³/mol. The van der Waals surface area contributed by atoms with Crippen LogP contribution in [0.25, 0.3) is 72.2 Å². The van der Waals surface area contributed by atoms with Crippen molar-refractivity contribution in [1.82, 2.24) is 14.1 Å². The highest BCUT2D eigenvalue weighted by Crippen LogP contribution is 2.64. The number of allylic oxidation sites excluding steroid dienone is 12. The molecular formula is C78H60N4. The molecule has 82 heavy (non-hydrogen) atoms. The number of para-hydroxylation sites is 4. The first kappa shape index (κ1) is 48.3. The fourth-order valence-corrected chi connectivity index (χ4v) is 15.0. The number of rotatable bonds is 10. The van der Waals surface area contributed by atoms with Crippen LogP contribution in [-0.4, -0.2) is 19.8 Å². The van der Waals surface area contributed by atoms with E-state index in [1.54, 1.807) is 0 Å². The molecule has 4 atom stereocenters. The average molecular weight is 1050 g/mol.